The number of alkyl halides is 6. The first-order chi connectivity index (χ1) is 9.00. The van der Waals surface area contributed by atoms with Crippen LogP contribution in [0.2, 0.25) is 0 Å². The number of hydrogen-bond donors (Lipinski definition) is 0. The number of Topliss-reactive ketones (excluding diaryl/α,β-unsaturated/α-hetero) is 1. The third kappa shape index (κ3) is 4.80. The molecular formula is C11H7F7O2. The van der Waals surface area contributed by atoms with E-state index in [1.54, 1.807) is 0 Å². The summed E-state index contributed by atoms with van der Waals surface area (Å²) in [5, 5.41) is 0. The van der Waals surface area contributed by atoms with E-state index in [9.17, 15) is 35.5 Å². The van der Waals surface area contributed by atoms with Gasteiger partial charge in [-0.1, -0.05) is 0 Å². The standard InChI is InChI=1S/C11H7F7O2/c12-8-2-1-6(3-7(8)11(16,17)18)9(19)4-20-5-10(13,14)15/h1-3H,4-5H2. The van der Waals surface area contributed by atoms with Gasteiger partial charge in [-0.3, -0.25) is 4.79 Å². The van der Waals surface area contributed by atoms with Crippen molar-refractivity contribution in [3.05, 3.63) is 35.1 Å². The van der Waals surface area contributed by atoms with E-state index in [0.717, 1.165) is 6.07 Å². The van der Waals surface area contributed by atoms with Gasteiger partial charge in [0.2, 0.25) is 0 Å². The quantitative estimate of drug-likeness (QED) is 0.627. The van der Waals surface area contributed by atoms with Gasteiger partial charge in [0.1, 0.15) is 19.0 Å². The molecule has 0 fully saturated rings. The fourth-order valence-electron chi connectivity index (χ4n) is 1.26. The van der Waals surface area contributed by atoms with Crippen molar-refractivity contribution in [2.75, 3.05) is 13.2 Å². The molecule has 0 unspecified atom stereocenters. The number of halogens is 7. The van der Waals surface area contributed by atoms with Crippen molar-refractivity contribution in [2.24, 2.45) is 0 Å². The second-order valence-corrected chi connectivity index (χ2v) is 3.72. The smallest absolute Gasteiger partial charge is 0.364 e. The van der Waals surface area contributed by atoms with E-state index >= 15 is 0 Å². The Bertz CT molecular complexity index is 491. The average molecular weight is 304 g/mol. The van der Waals surface area contributed by atoms with E-state index in [2.05, 4.69) is 4.74 Å². The minimum atomic E-state index is -5.01. The summed E-state index contributed by atoms with van der Waals surface area (Å²) in [7, 11) is 0. The lowest BCUT2D eigenvalue weighted by Crippen LogP contribution is -2.20. The van der Waals surface area contributed by atoms with Crippen LogP contribution >= 0.6 is 0 Å². The second-order valence-electron chi connectivity index (χ2n) is 3.72. The van der Waals surface area contributed by atoms with E-state index in [-0.39, 0.29) is 6.07 Å². The summed E-state index contributed by atoms with van der Waals surface area (Å²) in [5.41, 5.74) is -2.25. The van der Waals surface area contributed by atoms with E-state index in [4.69, 9.17) is 0 Å². The topological polar surface area (TPSA) is 26.3 Å². The molecule has 0 N–H and O–H groups in total. The third-order valence-electron chi connectivity index (χ3n) is 2.09. The predicted molar refractivity (Wildman–Crippen MR) is 52.6 cm³/mol. The molecule has 0 aromatic heterocycles. The average Bonchev–Trinajstić information content (AvgIpc) is 2.26. The van der Waals surface area contributed by atoms with Gasteiger partial charge in [0.15, 0.2) is 5.78 Å². The van der Waals surface area contributed by atoms with Crippen LogP contribution in [0, 0.1) is 5.82 Å². The van der Waals surface area contributed by atoms with Gasteiger partial charge in [-0.05, 0) is 18.2 Å². The Morgan fingerprint density at radius 3 is 2.20 bits per heavy atom. The van der Waals surface area contributed by atoms with Gasteiger partial charge in [-0.25, -0.2) is 4.39 Å². The first-order valence-electron chi connectivity index (χ1n) is 5.05. The van der Waals surface area contributed by atoms with Gasteiger partial charge in [0, 0.05) is 5.56 Å². The van der Waals surface area contributed by atoms with Crippen LogP contribution in [0.3, 0.4) is 0 Å². The van der Waals surface area contributed by atoms with E-state index in [1.165, 1.54) is 0 Å². The van der Waals surface area contributed by atoms with Crippen LogP contribution in [-0.2, 0) is 10.9 Å². The van der Waals surface area contributed by atoms with E-state index in [0.29, 0.717) is 6.07 Å². The lowest BCUT2D eigenvalue weighted by atomic mass is 10.1. The van der Waals surface area contributed by atoms with Crippen LogP contribution in [0.15, 0.2) is 18.2 Å². The highest BCUT2D eigenvalue weighted by molar-refractivity contribution is 5.97. The molecule has 0 aliphatic heterocycles. The number of ketones is 1. The van der Waals surface area contributed by atoms with Crippen molar-refractivity contribution in [1.29, 1.82) is 0 Å². The maximum atomic E-state index is 12.9. The molecule has 0 saturated carbocycles. The van der Waals surface area contributed by atoms with Gasteiger partial charge in [-0.15, -0.1) is 0 Å². The molecule has 0 saturated heterocycles. The fraction of sp³-hybridized carbons (Fsp3) is 0.364. The van der Waals surface area contributed by atoms with Gasteiger partial charge >= 0.3 is 12.4 Å². The molecule has 112 valence electrons. The van der Waals surface area contributed by atoms with Crippen molar-refractivity contribution < 1.29 is 40.3 Å². The Hall–Kier alpha value is -1.64. The molecule has 0 aliphatic carbocycles. The molecule has 20 heavy (non-hydrogen) atoms. The molecule has 1 aromatic carbocycles. The van der Waals surface area contributed by atoms with Crippen molar-refractivity contribution in [2.45, 2.75) is 12.4 Å². The van der Waals surface area contributed by atoms with E-state index in [1.807, 2.05) is 0 Å². The Kier molecular flexibility index (Phi) is 4.74. The SMILES string of the molecule is O=C(COCC(F)(F)F)c1ccc(F)c(C(F)(F)F)c1. The summed E-state index contributed by atoms with van der Waals surface area (Å²) in [4.78, 5) is 11.3. The first-order valence-corrected chi connectivity index (χ1v) is 5.05. The molecule has 0 bridgehead atoms. The number of carbonyl (C=O) groups excluding carboxylic acids is 1. The molecule has 1 rings (SSSR count). The third-order valence-corrected chi connectivity index (χ3v) is 2.09. The number of carbonyl (C=O) groups is 1. The highest BCUT2D eigenvalue weighted by atomic mass is 19.4. The van der Waals surface area contributed by atoms with Crippen LogP contribution in [0.1, 0.15) is 15.9 Å². The molecule has 0 heterocycles. The summed E-state index contributed by atoms with van der Waals surface area (Å²) in [5.74, 6) is -2.69. The Balaban J connectivity index is 2.80. The van der Waals surface area contributed by atoms with Crippen molar-refractivity contribution >= 4 is 5.78 Å². The largest absolute Gasteiger partial charge is 0.419 e. The summed E-state index contributed by atoms with van der Waals surface area (Å²) < 4.78 is 89.3. The Morgan fingerprint density at radius 2 is 1.70 bits per heavy atom. The van der Waals surface area contributed by atoms with Crippen molar-refractivity contribution in [3.63, 3.8) is 0 Å². The Morgan fingerprint density at radius 1 is 1.10 bits per heavy atom. The molecule has 0 spiro atoms. The highest BCUT2D eigenvalue weighted by Gasteiger charge is 2.34. The maximum Gasteiger partial charge on any atom is 0.419 e. The second kappa shape index (κ2) is 5.78. The van der Waals surface area contributed by atoms with Gasteiger partial charge in [0.05, 0.1) is 5.56 Å². The van der Waals surface area contributed by atoms with Crippen LogP contribution in [0.4, 0.5) is 30.7 Å². The molecular weight excluding hydrogens is 297 g/mol. The summed E-state index contributed by atoms with van der Waals surface area (Å²) >= 11 is 0. The van der Waals surface area contributed by atoms with E-state index < -0.39 is 48.3 Å². The van der Waals surface area contributed by atoms with Crippen LogP contribution < -0.4 is 0 Å². The summed E-state index contributed by atoms with van der Waals surface area (Å²) in [6.45, 7) is -2.76. The number of rotatable bonds is 4. The zero-order chi connectivity index (χ0) is 15.6. The molecule has 0 radical (unpaired) electrons. The van der Waals surface area contributed by atoms with Crippen LogP contribution in [-0.4, -0.2) is 25.2 Å². The lowest BCUT2D eigenvalue weighted by molar-refractivity contribution is -0.170. The molecule has 2 nitrogen and oxygen atoms in total. The molecule has 9 heteroatoms. The monoisotopic (exact) mass is 304 g/mol. The zero-order valence-corrected chi connectivity index (χ0v) is 9.61. The first kappa shape index (κ1) is 16.4. The summed E-state index contributed by atoms with van der Waals surface area (Å²) in [6.07, 6.45) is -9.66. The lowest BCUT2D eigenvalue weighted by Gasteiger charge is -2.10. The van der Waals surface area contributed by atoms with Gasteiger partial charge in [-0.2, -0.15) is 26.3 Å². The predicted octanol–water partition coefficient (Wildman–Crippen LogP) is 3.61. The minimum Gasteiger partial charge on any atom is -0.364 e. The maximum absolute atomic E-state index is 12.9. The van der Waals surface area contributed by atoms with Gasteiger partial charge in [0.25, 0.3) is 0 Å². The highest BCUT2D eigenvalue weighted by Crippen LogP contribution is 2.32. The summed E-state index contributed by atoms with van der Waals surface area (Å²) in [6, 6.07) is 1.39. The number of ether oxygens (including phenoxy) is 1. The van der Waals surface area contributed by atoms with Crippen LogP contribution in [0.25, 0.3) is 0 Å². The van der Waals surface area contributed by atoms with Crippen molar-refractivity contribution in [3.8, 4) is 0 Å². The molecule has 0 aliphatic rings. The number of benzene rings is 1. The molecule has 1 aromatic rings. The fourth-order valence-corrected chi connectivity index (χ4v) is 1.26. The van der Waals surface area contributed by atoms with Gasteiger partial charge < -0.3 is 4.74 Å². The van der Waals surface area contributed by atoms with Crippen LogP contribution in [0.5, 0.6) is 0 Å². The zero-order valence-electron chi connectivity index (χ0n) is 9.61. The Labute approximate surface area is 108 Å². The number of hydrogen-bond acceptors (Lipinski definition) is 2. The minimum absolute atomic E-state index is 0.231. The normalized spacial score (nSPS) is 12.6. The molecule has 0 amide bonds. The van der Waals surface area contributed by atoms with Crippen molar-refractivity contribution in [1.82, 2.24) is 0 Å². The molecule has 0 atom stereocenters.